The van der Waals surface area contributed by atoms with Crippen molar-refractivity contribution in [2.45, 2.75) is 6.18 Å². The van der Waals surface area contributed by atoms with Crippen LogP contribution in [0.3, 0.4) is 0 Å². The first-order valence-electron chi connectivity index (χ1n) is 7.23. The number of methoxy groups -OCH3 is 2. The number of aromatic nitrogens is 4. The number of rotatable bonds is 5. The highest BCUT2D eigenvalue weighted by Gasteiger charge is 2.37. The molecule has 0 amide bonds. The van der Waals surface area contributed by atoms with Crippen molar-refractivity contribution < 1.29 is 22.6 Å². The minimum absolute atomic E-state index is 0.0215. The molecule has 0 bridgehead atoms. The standard InChI is InChI=1S/C15H13F3N6O2/c1-25-10-4-3-9(7-11(10)26-2)8-19-20-12-5-6-13-21-22-14(15(16,17)18)24(13)23-12/h3-8H,1-2H3,(H,20,23)/b19-8+. The van der Waals surface area contributed by atoms with Gasteiger partial charge in [0, 0.05) is 0 Å². The van der Waals surface area contributed by atoms with Crippen LogP contribution in [0.2, 0.25) is 0 Å². The zero-order chi connectivity index (χ0) is 18.7. The monoisotopic (exact) mass is 366 g/mol. The molecule has 2 aromatic heterocycles. The maximum Gasteiger partial charge on any atom is 0.453 e. The molecule has 2 heterocycles. The quantitative estimate of drug-likeness (QED) is 0.552. The van der Waals surface area contributed by atoms with Gasteiger partial charge in [-0.3, -0.25) is 5.43 Å². The summed E-state index contributed by atoms with van der Waals surface area (Å²) in [5, 5.41) is 14.3. The Kier molecular flexibility index (Phi) is 4.61. The van der Waals surface area contributed by atoms with Crippen LogP contribution in [0.15, 0.2) is 35.4 Å². The molecule has 3 aromatic rings. The summed E-state index contributed by atoms with van der Waals surface area (Å²) in [7, 11) is 3.03. The van der Waals surface area contributed by atoms with E-state index in [1.165, 1.54) is 32.6 Å². The molecule has 0 atom stereocenters. The maximum absolute atomic E-state index is 12.9. The minimum atomic E-state index is -4.66. The highest BCUT2D eigenvalue weighted by Crippen LogP contribution is 2.28. The van der Waals surface area contributed by atoms with Gasteiger partial charge in [0.2, 0.25) is 0 Å². The summed E-state index contributed by atoms with van der Waals surface area (Å²) in [6.45, 7) is 0. The lowest BCUT2D eigenvalue weighted by molar-refractivity contribution is -0.146. The number of halogens is 3. The highest BCUT2D eigenvalue weighted by molar-refractivity contribution is 5.81. The summed E-state index contributed by atoms with van der Waals surface area (Å²) in [5.74, 6) is -0.0214. The lowest BCUT2D eigenvalue weighted by Gasteiger charge is -2.07. The van der Waals surface area contributed by atoms with Gasteiger partial charge in [0.1, 0.15) is 0 Å². The summed E-state index contributed by atoms with van der Waals surface area (Å²) in [4.78, 5) is 0. The molecule has 0 aliphatic heterocycles. The second-order valence-corrected chi connectivity index (χ2v) is 4.99. The van der Waals surface area contributed by atoms with Crippen molar-refractivity contribution in [3.8, 4) is 11.5 Å². The number of hydrogen-bond acceptors (Lipinski definition) is 7. The summed E-state index contributed by atoms with van der Waals surface area (Å²) in [6, 6.07) is 7.93. The molecule has 26 heavy (non-hydrogen) atoms. The van der Waals surface area contributed by atoms with Crippen molar-refractivity contribution in [2.24, 2.45) is 5.10 Å². The molecule has 1 N–H and O–H groups in total. The number of alkyl halides is 3. The molecule has 11 heteroatoms. The van der Waals surface area contributed by atoms with E-state index in [0.717, 1.165) is 0 Å². The fourth-order valence-electron chi connectivity index (χ4n) is 2.13. The third-order valence-electron chi connectivity index (χ3n) is 3.32. The number of hydrazone groups is 1. The summed E-state index contributed by atoms with van der Waals surface area (Å²) in [6.07, 6.45) is -3.20. The molecule has 136 valence electrons. The molecule has 3 rings (SSSR count). The van der Waals surface area contributed by atoms with E-state index < -0.39 is 12.0 Å². The third kappa shape index (κ3) is 3.50. The lowest BCUT2D eigenvalue weighted by Crippen LogP contribution is -2.13. The Labute approximate surface area is 145 Å². The Morgan fingerprint density at radius 3 is 2.54 bits per heavy atom. The van der Waals surface area contributed by atoms with Crippen molar-refractivity contribution in [1.82, 2.24) is 19.8 Å². The second kappa shape index (κ2) is 6.86. The van der Waals surface area contributed by atoms with Gasteiger partial charge in [-0.25, -0.2) is 0 Å². The van der Waals surface area contributed by atoms with Crippen LogP contribution in [-0.4, -0.2) is 40.2 Å². The van der Waals surface area contributed by atoms with Crippen molar-refractivity contribution in [3.63, 3.8) is 0 Å². The molecule has 0 radical (unpaired) electrons. The Hall–Kier alpha value is -3.37. The maximum atomic E-state index is 12.9. The molecule has 0 aliphatic rings. The van der Waals surface area contributed by atoms with E-state index in [-0.39, 0.29) is 11.5 Å². The number of nitrogens with zero attached hydrogens (tertiary/aromatic N) is 5. The van der Waals surface area contributed by atoms with Crippen LogP contribution < -0.4 is 14.9 Å². The predicted octanol–water partition coefficient (Wildman–Crippen LogP) is 2.61. The summed E-state index contributed by atoms with van der Waals surface area (Å²) >= 11 is 0. The fourth-order valence-corrected chi connectivity index (χ4v) is 2.13. The van der Waals surface area contributed by atoms with Gasteiger partial charge in [0.15, 0.2) is 23.0 Å². The minimum Gasteiger partial charge on any atom is -0.493 e. The van der Waals surface area contributed by atoms with Gasteiger partial charge in [-0.15, -0.1) is 15.3 Å². The molecule has 0 fully saturated rings. The van der Waals surface area contributed by atoms with Crippen LogP contribution in [-0.2, 0) is 6.18 Å². The van der Waals surface area contributed by atoms with Gasteiger partial charge < -0.3 is 9.47 Å². The second-order valence-electron chi connectivity index (χ2n) is 4.99. The van der Waals surface area contributed by atoms with Gasteiger partial charge in [-0.1, -0.05) is 0 Å². The molecule has 0 unspecified atom stereocenters. The molecular formula is C15H13F3N6O2. The SMILES string of the molecule is COc1ccc(/C=N/Nc2ccc3nnc(C(F)(F)F)n3n2)cc1OC. The zero-order valence-electron chi connectivity index (χ0n) is 13.7. The highest BCUT2D eigenvalue weighted by atomic mass is 19.4. The number of benzene rings is 1. The van der Waals surface area contributed by atoms with Gasteiger partial charge in [0.05, 0.1) is 20.4 Å². The Bertz CT molecular complexity index is 954. The Morgan fingerprint density at radius 2 is 1.85 bits per heavy atom. The molecule has 1 aromatic carbocycles. The van der Waals surface area contributed by atoms with E-state index in [1.807, 2.05) is 0 Å². The fraction of sp³-hybridized carbons (Fsp3) is 0.200. The average Bonchev–Trinajstić information content (AvgIpc) is 3.05. The zero-order valence-corrected chi connectivity index (χ0v) is 13.7. The average molecular weight is 366 g/mol. The predicted molar refractivity (Wildman–Crippen MR) is 86.5 cm³/mol. The van der Waals surface area contributed by atoms with E-state index in [0.29, 0.717) is 21.6 Å². The van der Waals surface area contributed by atoms with Crippen molar-refractivity contribution in [3.05, 3.63) is 41.7 Å². The number of fused-ring (bicyclic) bond motifs is 1. The van der Waals surface area contributed by atoms with E-state index in [1.54, 1.807) is 18.2 Å². The van der Waals surface area contributed by atoms with Gasteiger partial charge in [-0.05, 0) is 35.9 Å². The van der Waals surface area contributed by atoms with Gasteiger partial charge in [-0.2, -0.15) is 22.8 Å². The first-order chi connectivity index (χ1) is 12.4. The van der Waals surface area contributed by atoms with Crippen LogP contribution in [0.1, 0.15) is 11.4 Å². The smallest absolute Gasteiger partial charge is 0.453 e. The van der Waals surface area contributed by atoms with Gasteiger partial charge in [0.25, 0.3) is 5.82 Å². The molecule has 0 aliphatic carbocycles. The summed E-state index contributed by atoms with van der Waals surface area (Å²) in [5.41, 5.74) is 3.23. The van der Waals surface area contributed by atoms with E-state index in [4.69, 9.17) is 9.47 Å². The first kappa shape index (κ1) is 17.5. The first-order valence-corrected chi connectivity index (χ1v) is 7.23. The van der Waals surface area contributed by atoms with Crippen LogP contribution >= 0.6 is 0 Å². The van der Waals surface area contributed by atoms with Crippen LogP contribution in [0, 0.1) is 0 Å². The van der Waals surface area contributed by atoms with Crippen LogP contribution in [0.5, 0.6) is 11.5 Å². The van der Waals surface area contributed by atoms with E-state index >= 15 is 0 Å². The van der Waals surface area contributed by atoms with Crippen LogP contribution in [0.25, 0.3) is 5.65 Å². The Morgan fingerprint density at radius 1 is 1.08 bits per heavy atom. The number of nitrogens with one attached hydrogen (secondary N) is 1. The number of ether oxygens (including phenoxy) is 2. The Balaban J connectivity index is 1.80. The van der Waals surface area contributed by atoms with Gasteiger partial charge >= 0.3 is 6.18 Å². The molecular weight excluding hydrogens is 353 g/mol. The summed E-state index contributed by atoms with van der Waals surface area (Å²) < 4.78 is 49.5. The third-order valence-corrected chi connectivity index (χ3v) is 3.32. The largest absolute Gasteiger partial charge is 0.493 e. The van der Waals surface area contributed by atoms with E-state index in [2.05, 4.69) is 25.8 Å². The normalized spacial score (nSPS) is 11.9. The van der Waals surface area contributed by atoms with E-state index in [9.17, 15) is 13.2 Å². The molecule has 0 saturated carbocycles. The molecule has 8 nitrogen and oxygen atoms in total. The molecule has 0 saturated heterocycles. The topological polar surface area (TPSA) is 85.9 Å². The van der Waals surface area contributed by atoms with Crippen LogP contribution in [0.4, 0.5) is 19.0 Å². The van der Waals surface area contributed by atoms with Crippen molar-refractivity contribution in [1.29, 1.82) is 0 Å². The molecule has 0 spiro atoms. The number of anilines is 1. The lowest BCUT2D eigenvalue weighted by atomic mass is 10.2. The number of hydrogen-bond donors (Lipinski definition) is 1. The van der Waals surface area contributed by atoms with Crippen molar-refractivity contribution >= 4 is 17.7 Å². The van der Waals surface area contributed by atoms with Crippen molar-refractivity contribution in [2.75, 3.05) is 19.6 Å².